The van der Waals surface area contributed by atoms with Crippen LogP contribution in [0.5, 0.6) is 0 Å². The quantitative estimate of drug-likeness (QED) is 0.401. The predicted octanol–water partition coefficient (Wildman–Crippen LogP) is 3.22. The van der Waals surface area contributed by atoms with Gasteiger partial charge in [0.15, 0.2) is 5.69 Å². The lowest BCUT2D eigenvalue weighted by Crippen LogP contribution is -2.28. The van der Waals surface area contributed by atoms with Crippen LogP contribution >= 0.6 is 11.6 Å². The molecular formula is C23H19ClN8O. The Kier molecular flexibility index (Phi) is 5.77. The molecule has 0 spiro atoms. The van der Waals surface area contributed by atoms with Gasteiger partial charge in [0.05, 0.1) is 24.8 Å². The minimum Gasteiger partial charge on any atom is -0.349 e. The maximum atomic E-state index is 12.9. The van der Waals surface area contributed by atoms with Crippen molar-refractivity contribution in [1.82, 2.24) is 40.1 Å². The Bertz CT molecular complexity index is 1400. The number of amides is 1. The molecule has 3 aromatic heterocycles. The van der Waals surface area contributed by atoms with Crippen molar-refractivity contribution in [2.45, 2.75) is 13.1 Å². The first-order chi connectivity index (χ1) is 16.2. The number of benzene rings is 2. The SMILES string of the molecule is O=C(NCCn1cc(-c2cncnc2)nn1)c1nn(Cc2ccc(Cl)cc2)c2ccccc12. The molecule has 9 nitrogen and oxygen atoms in total. The first-order valence-electron chi connectivity index (χ1n) is 10.3. The smallest absolute Gasteiger partial charge is 0.272 e. The van der Waals surface area contributed by atoms with Crippen LogP contribution < -0.4 is 5.32 Å². The first-order valence-corrected chi connectivity index (χ1v) is 10.7. The lowest BCUT2D eigenvalue weighted by Gasteiger charge is -2.04. The molecule has 0 radical (unpaired) electrons. The van der Waals surface area contributed by atoms with E-state index in [1.807, 2.05) is 53.2 Å². The third-order valence-corrected chi connectivity index (χ3v) is 5.39. The second-order valence-electron chi connectivity index (χ2n) is 7.40. The lowest BCUT2D eigenvalue weighted by atomic mass is 10.2. The van der Waals surface area contributed by atoms with Crippen molar-refractivity contribution in [2.24, 2.45) is 0 Å². The highest BCUT2D eigenvalue weighted by molar-refractivity contribution is 6.30. The van der Waals surface area contributed by atoms with Crippen LogP contribution in [0.1, 0.15) is 16.1 Å². The van der Waals surface area contributed by atoms with E-state index in [9.17, 15) is 4.79 Å². The van der Waals surface area contributed by atoms with E-state index in [0.717, 1.165) is 22.0 Å². The normalized spacial score (nSPS) is 11.1. The van der Waals surface area contributed by atoms with E-state index in [4.69, 9.17) is 11.6 Å². The van der Waals surface area contributed by atoms with E-state index in [0.29, 0.717) is 36.0 Å². The fourth-order valence-electron chi connectivity index (χ4n) is 3.52. The van der Waals surface area contributed by atoms with Gasteiger partial charge in [0, 0.05) is 34.9 Å². The number of nitrogens with one attached hydrogen (secondary N) is 1. The van der Waals surface area contributed by atoms with E-state index in [1.165, 1.54) is 6.33 Å². The van der Waals surface area contributed by atoms with Crippen LogP contribution in [0.3, 0.4) is 0 Å². The van der Waals surface area contributed by atoms with Gasteiger partial charge < -0.3 is 5.32 Å². The molecule has 33 heavy (non-hydrogen) atoms. The highest BCUT2D eigenvalue weighted by Crippen LogP contribution is 2.20. The monoisotopic (exact) mass is 458 g/mol. The average Bonchev–Trinajstić information content (AvgIpc) is 3.47. The van der Waals surface area contributed by atoms with Gasteiger partial charge in [-0.15, -0.1) is 5.10 Å². The summed E-state index contributed by atoms with van der Waals surface area (Å²) in [6, 6.07) is 15.3. The van der Waals surface area contributed by atoms with E-state index in [2.05, 4.69) is 30.7 Å². The van der Waals surface area contributed by atoms with Crippen LogP contribution in [-0.2, 0) is 13.1 Å². The molecule has 5 aromatic rings. The molecule has 0 bridgehead atoms. The standard InChI is InChI=1S/C23H19ClN8O/c24-18-7-5-16(6-8-18)13-32-21-4-2-1-3-19(21)22(29-32)23(33)27-9-10-31-14-20(28-30-31)17-11-25-15-26-12-17/h1-8,11-12,14-15H,9-10,13H2,(H,27,33). The van der Waals surface area contributed by atoms with Gasteiger partial charge >= 0.3 is 0 Å². The van der Waals surface area contributed by atoms with Gasteiger partial charge in [-0.2, -0.15) is 5.10 Å². The predicted molar refractivity (Wildman–Crippen MR) is 124 cm³/mol. The Hall–Kier alpha value is -4.11. The van der Waals surface area contributed by atoms with E-state index in [-0.39, 0.29) is 5.91 Å². The zero-order chi connectivity index (χ0) is 22.6. The number of hydrogen-bond donors (Lipinski definition) is 1. The number of halogens is 1. The van der Waals surface area contributed by atoms with Crippen LogP contribution in [0, 0.1) is 0 Å². The zero-order valence-electron chi connectivity index (χ0n) is 17.5. The summed E-state index contributed by atoms with van der Waals surface area (Å²) in [6.45, 7) is 1.39. The van der Waals surface area contributed by atoms with Crippen LogP contribution in [0.4, 0.5) is 0 Å². The molecule has 0 aliphatic rings. The summed E-state index contributed by atoms with van der Waals surface area (Å²) in [5.41, 5.74) is 3.79. The molecule has 0 saturated carbocycles. The molecule has 0 aliphatic carbocycles. The summed E-state index contributed by atoms with van der Waals surface area (Å²) in [6.07, 6.45) is 6.61. The van der Waals surface area contributed by atoms with Gasteiger partial charge in [-0.25, -0.2) is 9.97 Å². The number of para-hydroxylation sites is 1. The highest BCUT2D eigenvalue weighted by atomic mass is 35.5. The molecule has 2 aromatic carbocycles. The number of hydrogen-bond acceptors (Lipinski definition) is 6. The summed E-state index contributed by atoms with van der Waals surface area (Å²) >= 11 is 5.99. The third kappa shape index (κ3) is 4.58. The molecule has 164 valence electrons. The number of rotatable bonds is 7. The van der Waals surface area contributed by atoms with Crippen LogP contribution in [-0.4, -0.2) is 47.2 Å². The van der Waals surface area contributed by atoms with E-state index in [1.54, 1.807) is 23.3 Å². The van der Waals surface area contributed by atoms with Crippen molar-refractivity contribution < 1.29 is 4.79 Å². The van der Waals surface area contributed by atoms with Crippen LogP contribution in [0.15, 0.2) is 73.4 Å². The topological polar surface area (TPSA) is 103 Å². The van der Waals surface area contributed by atoms with Crippen molar-refractivity contribution >= 4 is 28.4 Å². The maximum absolute atomic E-state index is 12.9. The fourth-order valence-corrected chi connectivity index (χ4v) is 3.64. The van der Waals surface area contributed by atoms with Crippen molar-refractivity contribution in [2.75, 3.05) is 6.54 Å². The van der Waals surface area contributed by atoms with Gasteiger partial charge in [0.25, 0.3) is 5.91 Å². The minimum absolute atomic E-state index is 0.238. The van der Waals surface area contributed by atoms with Gasteiger partial charge in [-0.1, -0.05) is 47.1 Å². The molecule has 10 heteroatoms. The Labute approximate surface area is 194 Å². The number of carbonyl (C=O) groups excluding carboxylic acids is 1. The fraction of sp³-hybridized carbons (Fsp3) is 0.130. The lowest BCUT2D eigenvalue weighted by molar-refractivity contribution is 0.0947. The van der Waals surface area contributed by atoms with Gasteiger partial charge in [0.1, 0.15) is 12.0 Å². The summed E-state index contributed by atoms with van der Waals surface area (Å²) in [7, 11) is 0. The molecule has 5 rings (SSSR count). The minimum atomic E-state index is -0.238. The largest absolute Gasteiger partial charge is 0.349 e. The Morgan fingerprint density at radius 3 is 2.64 bits per heavy atom. The Morgan fingerprint density at radius 2 is 1.82 bits per heavy atom. The summed E-state index contributed by atoms with van der Waals surface area (Å²) in [5.74, 6) is -0.238. The molecular weight excluding hydrogens is 440 g/mol. The van der Waals surface area contributed by atoms with E-state index >= 15 is 0 Å². The van der Waals surface area contributed by atoms with E-state index < -0.39 is 0 Å². The number of aromatic nitrogens is 7. The molecule has 0 saturated heterocycles. The zero-order valence-corrected chi connectivity index (χ0v) is 18.2. The maximum Gasteiger partial charge on any atom is 0.272 e. The first kappa shape index (κ1) is 20.8. The Morgan fingerprint density at radius 1 is 1.03 bits per heavy atom. The van der Waals surface area contributed by atoms with Crippen molar-refractivity contribution in [3.8, 4) is 11.3 Å². The van der Waals surface area contributed by atoms with Gasteiger partial charge in [-0.3, -0.25) is 14.2 Å². The molecule has 1 amide bonds. The Balaban J connectivity index is 1.28. The molecule has 0 aliphatic heterocycles. The number of fused-ring (bicyclic) bond motifs is 1. The van der Waals surface area contributed by atoms with Gasteiger partial charge in [0.2, 0.25) is 0 Å². The van der Waals surface area contributed by atoms with Crippen molar-refractivity contribution in [3.63, 3.8) is 0 Å². The number of nitrogens with zero attached hydrogens (tertiary/aromatic N) is 7. The number of carbonyl (C=O) groups is 1. The molecule has 0 fully saturated rings. The summed E-state index contributed by atoms with van der Waals surface area (Å²) in [5, 5.41) is 17.2. The van der Waals surface area contributed by atoms with Gasteiger partial charge in [-0.05, 0) is 23.8 Å². The average molecular weight is 459 g/mol. The highest BCUT2D eigenvalue weighted by Gasteiger charge is 2.17. The molecule has 3 heterocycles. The second-order valence-corrected chi connectivity index (χ2v) is 7.84. The van der Waals surface area contributed by atoms with Crippen molar-refractivity contribution in [1.29, 1.82) is 0 Å². The summed E-state index contributed by atoms with van der Waals surface area (Å²) < 4.78 is 3.50. The summed E-state index contributed by atoms with van der Waals surface area (Å²) in [4.78, 5) is 20.9. The second kappa shape index (κ2) is 9.17. The van der Waals surface area contributed by atoms with Crippen LogP contribution in [0.2, 0.25) is 5.02 Å². The molecule has 1 N–H and O–H groups in total. The van der Waals surface area contributed by atoms with Crippen molar-refractivity contribution in [3.05, 3.63) is 89.7 Å². The molecule has 0 atom stereocenters. The van der Waals surface area contributed by atoms with Crippen LogP contribution in [0.25, 0.3) is 22.2 Å². The third-order valence-electron chi connectivity index (χ3n) is 5.14. The molecule has 0 unspecified atom stereocenters.